The highest BCUT2D eigenvalue weighted by Gasteiger charge is 2.22. The molecule has 1 aromatic heterocycles. The molecule has 2 aromatic rings. The summed E-state index contributed by atoms with van der Waals surface area (Å²) < 4.78 is 1.48. The summed E-state index contributed by atoms with van der Waals surface area (Å²) in [7, 11) is 0. The monoisotopic (exact) mass is 338 g/mol. The Balaban J connectivity index is 1.45. The molecule has 0 bridgehead atoms. The number of aromatic nitrogens is 1. The number of piperidine rings is 1. The van der Waals surface area contributed by atoms with Gasteiger partial charge in [-0.1, -0.05) is 35.9 Å². The molecule has 3 rings (SSSR count). The van der Waals surface area contributed by atoms with Crippen molar-refractivity contribution >= 4 is 5.91 Å². The number of carbonyl (C=O) groups is 1. The third kappa shape index (κ3) is 4.81. The molecule has 1 saturated heterocycles. The van der Waals surface area contributed by atoms with Crippen molar-refractivity contribution in [1.82, 2.24) is 9.47 Å². The minimum Gasteiger partial charge on any atom is -0.341 e. The summed E-state index contributed by atoms with van der Waals surface area (Å²) in [6.07, 6.45) is 6.08. The van der Waals surface area contributed by atoms with Crippen LogP contribution in [-0.4, -0.2) is 28.5 Å². The van der Waals surface area contributed by atoms with E-state index in [9.17, 15) is 9.59 Å². The summed E-state index contributed by atoms with van der Waals surface area (Å²) in [5, 5.41) is 0. The summed E-state index contributed by atoms with van der Waals surface area (Å²) >= 11 is 0. The molecule has 1 fully saturated rings. The fourth-order valence-corrected chi connectivity index (χ4v) is 3.43. The van der Waals surface area contributed by atoms with Crippen molar-refractivity contribution in [1.29, 1.82) is 0 Å². The van der Waals surface area contributed by atoms with E-state index in [0.29, 0.717) is 5.92 Å². The van der Waals surface area contributed by atoms with Crippen molar-refractivity contribution in [3.63, 3.8) is 0 Å². The van der Waals surface area contributed by atoms with Crippen molar-refractivity contribution < 1.29 is 4.79 Å². The zero-order valence-electron chi connectivity index (χ0n) is 14.9. The van der Waals surface area contributed by atoms with Gasteiger partial charge in [0.2, 0.25) is 5.91 Å². The third-order valence-electron chi connectivity index (χ3n) is 5.13. The number of aryl methyl sites for hydroxylation is 2. The predicted molar refractivity (Wildman–Crippen MR) is 99.5 cm³/mol. The Bertz CT molecular complexity index is 756. The molecule has 0 unspecified atom stereocenters. The van der Waals surface area contributed by atoms with Crippen LogP contribution >= 0.6 is 0 Å². The van der Waals surface area contributed by atoms with Crippen molar-refractivity contribution in [2.75, 3.05) is 13.1 Å². The van der Waals surface area contributed by atoms with Crippen LogP contribution < -0.4 is 5.56 Å². The SMILES string of the molecule is Cc1ccc(CCC2CCN(C(=O)Cn3ccccc3=O)CC2)cc1. The highest BCUT2D eigenvalue weighted by molar-refractivity contribution is 5.76. The van der Waals surface area contributed by atoms with E-state index in [0.717, 1.165) is 32.4 Å². The third-order valence-corrected chi connectivity index (χ3v) is 5.13. The quantitative estimate of drug-likeness (QED) is 0.841. The molecular weight excluding hydrogens is 312 g/mol. The van der Waals surface area contributed by atoms with Gasteiger partial charge >= 0.3 is 0 Å². The molecule has 0 saturated carbocycles. The van der Waals surface area contributed by atoms with Crippen LogP contribution in [0.15, 0.2) is 53.5 Å². The van der Waals surface area contributed by atoms with Gasteiger partial charge < -0.3 is 9.47 Å². The van der Waals surface area contributed by atoms with E-state index in [4.69, 9.17) is 0 Å². The molecule has 132 valence electrons. The first-order valence-electron chi connectivity index (χ1n) is 9.10. The van der Waals surface area contributed by atoms with Gasteiger partial charge in [-0.15, -0.1) is 0 Å². The Kier molecular flexibility index (Phi) is 5.69. The van der Waals surface area contributed by atoms with Gasteiger partial charge in [0, 0.05) is 25.4 Å². The Labute approximate surface area is 149 Å². The van der Waals surface area contributed by atoms with Crippen LogP contribution in [0.4, 0.5) is 0 Å². The molecule has 0 aliphatic carbocycles. The van der Waals surface area contributed by atoms with Crippen LogP contribution in [0.2, 0.25) is 0 Å². The molecule has 0 atom stereocenters. The van der Waals surface area contributed by atoms with Gasteiger partial charge in [-0.25, -0.2) is 0 Å². The summed E-state index contributed by atoms with van der Waals surface area (Å²) in [5.74, 6) is 0.732. The first kappa shape index (κ1) is 17.5. The fraction of sp³-hybridized carbons (Fsp3) is 0.429. The van der Waals surface area contributed by atoms with Crippen LogP contribution in [0.1, 0.15) is 30.4 Å². The predicted octanol–water partition coefficient (Wildman–Crippen LogP) is 3.03. The second-order valence-corrected chi connectivity index (χ2v) is 7.02. The summed E-state index contributed by atoms with van der Waals surface area (Å²) in [4.78, 5) is 26.0. The smallest absolute Gasteiger partial charge is 0.250 e. The Morgan fingerprint density at radius 2 is 1.80 bits per heavy atom. The number of amides is 1. The maximum atomic E-state index is 12.4. The van der Waals surface area contributed by atoms with Crippen molar-refractivity contribution in [3.8, 4) is 0 Å². The largest absolute Gasteiger partial charge is 0.341 e. The molecule has 4 heteroatoms. The maximum absolute atomic E-state index is 12.4. The standard InChI is InChI=1S/C21H26N2O2/c1-17-5-7-18(8-6-17)9-10-19-11-14-22(15-12-19)21(25)16-23-13-3-2-4-20(23)24/h2-8,13,19H,9-12,14-16H2,1H3. The Morgan fingerprint density at radius 1 is 1.08 bits per heavy atom. The van der Waals surface area contributed by atoms with Crippen LogP contribution in [0.5, 0.6) is 0 Å². The number of nitrogens with zero attached hydrogens (tertiary/aromatic N) is 2. The first-order chi connectivity index (χ1) is 12.1. The number of benzene rings is 1. The van der Waals surface area contributed by atoms with E-state index in [-0.39, 0.29) is 18.0 Å². The molecule has 1 amide bonds. The number of pyridine rings is 1. The van der Waals surface area contributed by atoms with E-state index in [1.54, 1.807) is 18.3 Å². The van der Waals surface area contributed by atoms with E-state index < -0.39 is 0 Å². The topological polar surface area (TPSA) is 42.3 Å². The van der Waals surface area contributed by atoms with E-state index in [1.807, 2.05) is 4.90 Å². The van der Waals surface area contributed by atoms with Crippen molar-refractivity contribution in [3.05, 3.63) is 70.1 Å². The number of rotatable bonds is 5. The van der Waals surface area contributed by atoms with Crippen molar-refractivity contribution in [2.24, 2.45) is 5.92 Å². The second kappa shape index (κ2) is 8.15. The first-order valence-corrected chi connectivity index (χ1v) is 9.10. The lowest BCUT2D eigenvalue weighted by molar-refractivity contribution is -0.133. The van der Waals surface area contributed by atoms with Crippen molar-refractivity contribution in [2.45, 2.75) is 39.2 Å². The molecule has 1 aromatic carbocycles. The number of hydrogen-bond acceptors (Lipinski definition) is 2. The van der Waals surface area contributed by atoms with Gasteiger partial charge in [0.05, 0.1) is 0 Å². The van der Waals surface area contributed by atoms with E-state index >= 15 is 0 Å². The lowest BCUT2D eigenvalue weighted by Gasteiger charge is -2.32. The van der Waals surface area contributed by atoms with Gasteiger partial charge in [-0.05, 0) is 50.2 Å². The molecule has 0 radical (unpaired) electrons. The molecule has 4 nitrogen and oxygen atoms in total. The molecule has 1 aliphatic rings. The summed E-state index contributed by atoms with van der Waals surface area (Å²) in [6, 6.07) is 13.7. The Hall–Kier alpha value is -2.36. The number of carbonyl (C=O) groups excluding carboxylic acids is 1. The van der Waals surface area contributed by atoms with Gasteiger partial charge in [-0.2, -0.15) is 0 Å². The van der Waals surface area contributed by atoms with Crippen LogP contribution in [0.25, 0.3) is 0 Å². The lowest BCUT2D eigenvalue weighted by atomic mass is 9.90. The maximum Gasteiger partial charge on any atom is 0.250 e. The number of hydrogen-bond donors (Lipinski definition) is 0. The average molecular weight is 338 g/mol. The van der Waals surface area contributed by atoms with Crippen LogP contribution in [-0.2, 0) is 17.8 Å². The number of likely N-dealkylation sites (tertiary alicyclic amines) is 1. The molecule has 0 N–H and O–H groups in total. The summed E-state index contributed by atoms with van der Waals surface area (Å²) in [6.45, 7) is 3.87. The summed E-state index contributed by atoms with van der Waals surface area (Å²) in [5.41, 5.74) is 2.57. The Morgan fingerprint density at radius 3 is 2.48 bits per heavy atom. The second-order valence-electron chi connectivity index (χ2n) is 7.02. The highest BCUT2D eigenvalue weighted by Crippen LogP contribution is 2.22. The van der Waals surface area contributed by atoms with Crippen LogP contribution in [0, 0.1) is 12.8 Å². The van der Waals surface area contributed by atoms with Gasteiger partial charge in [0.1, 0.15) is 6.54 Å². The van der Waals surface area contributed by atoms with Gasteiger partial charge in [0.15, 0.2) is 0 Å². The highest BCUT2D eigenvalue weighted by atomic mass is 16.2. The minimum atomic E-state index is -0.121. The molecular formula is C21H26N2O2. The molecule has 0 spiro atoms. The molecule has 25 heavy (non-hydrogen) atoms. The van der Waals surface area contributed by atoms with Crippen LogP contribution in [0.3, 0.4) is 0 Å². The molecule has 1 aliphatic heterocycles. The normalized spacial score (nSPS) is 15.3. The average Bonchev–Trinajstić information content (AvgIpc) is 2.63. The van der Waals surface area contributed by atoms with E-state index in [1.165, 1.54) is 28.2 Å². The van der Waals surface area contributed by atoms with Gasteiger partial charge in [0.25, 0.3) is 5.56 Å². The van der Waals surface area contributed by atoms with Gasteiger partial charge in [-0.3, -0.25) is 9.59 Å². The fourth-order valence-electron chi connectivity index (χ4n) is 3.43. The zero-order valence-corrected chi connectivity index (χ0v) is 14.9. The molecule has 2 heterocycles. The lowest BCUT2D eigenvalue weighted by Crippen LogP contribution is -2.41. The minimum absolute atomic E-state index is 0.0466. The zero-order chi connectivity index (χ0) is 17.6. The van der Waals surface area contributed by atoms with E-state index in [2.05, 4.69) is 31.2 Å².